The van der Waals surface area contributed by atoms with Gasteiger partial charge < -0.3 is 0 Å². The van der Waals surface area contributed by atoms with Crippen LogP contribution >= 0.6 is 0 Å². The number of fused-ring (bicyclic) bond motifs is 4. The summed E-state index contributed by atoms with van der Waals surface area (Å²) in [5, 5.41) is 0. The first-order valence-corrected chi connectivity index (χ1v) is 7.85. The molecule has 0 aromatic heterocycles. The van der Waals surface area contributed by atoms with Gasteiger partial charge in [-0.1, -0.05) is 31.1 Å². The van der Waals surface area contributed by atoms with Crippen LogP contribution in [0.5, 0.6) is 0 Å². The summed E-state index contributed by atoms with van der Waals surface area (Å²) in [5.74, 6) is 2.73. The molecule has 0 heterocycles. The number of allylic oxidation sites excluding steroid dienone is 6. The molecule has 100 valence electrons. The molecule has 1 unspecified atom stereocenters. The summed E-state index contributed by atoms with van der Waals surface area (Å²) in [4.78, 5) is 12.1. The fraction of sp³-hybridized carbons (Fsp3) is 0.611. The number of carbonyl (C=O) groups excluding carboxylic acids is 1. The van der Waals surface area contributed by atoms with Crippen molar-refractivity contribution in [3.8, 4) is 0 Å². The van der Waals surface area contributed by atoms with E-state index in [-0.39, 0.29) is 5.41 Å². The number of ketones is 1. The normalized spacial score (nSPS) is 44.1. The average Bonchev–Trinajstić information content (AvgIpc) is 2.75. The molecule has 4 atom stereocenters. The van der Waals surface area contributed by atoms with Gasteiger partial charge in [-0.2, -0.15) is 0 Å². The van der Waals surface area contributed by atoms with Crippen molar-refractivity contribution in [2.75, 3.05) is 0 Å². The number of carbonyl (C=O) groups is 1. The Kier molecular flexibility index (Phi) is 2.43. The van der Waals surface area contributed by atoms with E-state index in [1.54, 1.807) is 0 Å². The van der Waals surface area contributed by atoms with E-state index < -0.39 is 0 Å². The fourth-order valence-electron chi connectivity index (χ4n) is 4.94. The summed E-state index contributed by atoms with van der Waals surface area (Å²) in [6.07, 6.45) is 16.6. The molecule has 1 nitrogen and oxygen atoms in total. The van der Waals surface area contributed by atoms with E-state index in [0.717, 1.165) is 24.2 Å². The van der Waals surface area contributed by atoms with Gasteiger partial charge in [-0.05, 0) is 67.6 Å². The second-order valence-electron chi connectivity index (χ2n) is 7.02. The van der Waals surface area contributed by atoms with Gasteiger partial charge in [0.15, 0.2) is 5.78 Å². The lowest BCUT2D eigenvalue weighted by Crippen LogP contribution is -2.37. The summed E-state index contributed by atoms with van der Waals surface area (Å²) in [6.45, 7) is 2.15. The molecule has 1 saturated carbocycles. The Morgan fingerprint density at radius 2 is 1.95 bits per heavy atom. The maximum atomic E-state index is 12.1. The maximum Gasteiger partial charge on any atom is 0.165 e. The quantitative estimate of drug-likeness (QED) is 0.632. The molecule has 0 N–H and O–H groups in total. The van der Waals surface area contributed by atoms with Crippen molar-refractivity contribution in [1.29, 1.82) is 0 Å². The maximum absolute atomic E-state index is 12.1. The van der Waals surface area contributed by atoms with Crippen molar-refractivity contribution in [1.82, 2.24) is 0 Å². The molecule has 4 aliphatic carbocycles. The summed E-state index contributed by atoms with van der Waals surface area (Å²) < 4.78 is 0. The van der Waals surface area contributed by atoms with Crippen LogP contribution in [0.1, 0.15) is 45.4 Å². The van der Waals surface area contributed by atoms with E-state index in [9.17, 15) is 4.79 Å². The first-order chi connectivity index (χ1) is 9.20. The molecule has 0 aliphatic heterocycles. The van der Waals surface area contributed by atoms with E-state index in [4.69, 9.17) is 0 Å². The molecular formula is C18H22O. The molecule has 19 heavy (non-hydrogen) atoms. The third-order valence-corrected chi connectivity index (χ3v) is 6.12. The highest BCUT2D eigenvalue weighted by molar-refractivity contribution is 6.01. The van der Waals surface area contributed by atoms with Crippen molar-refractivity contribution in [2.24, 2.45) is 23.2 Å². The molecule has 0 radical (unpaired) electrons. The third-order valence-electron chi connectivity index (χ3n) is 6.12. The van der Waals surface area contributed by atoms with Crippen LogP contribution in [0.2, 0.25) is 0 Å². The van der Waals surface area contributed by atoms with Crippen LogP contribution in [-0.2, 0) is 4.79 Å². The van der Waals surface area contributed by atoms with Gasteiger partial charge in [0.1, 0.15) is 0 Å². The van der Waals surface area contributed by atoms with E-state index in [1.165, 1.54) is 43.3 Å². The van der Waals surface area contributed by atoms with Crippen molar-refractivity contribution in [3.05, 3.63) is 35.5 Å². The lowest BCUT2D eigenvalue weighted by atomic mass is 9.59. The van der Waals surface area contributed by atoms with Crippen molar-refractivity contribution < 1.29 is 4.79 Å². The van der Waals surface area contributed by atoms with Crippen LogP contribution in [0.3, 0.4) is 0 Å². The molecule has 1 fully saturated rings. The van der Waals surface area contributed by atoms with Crippen LogP contribution in [-0.4, -0.2) is 5.78 Å². The van der Waals surface area contributed by atoms with Crippen LogP contribution in [0, 0.1) is 23.2 Å². The minimum absolute atomic E-state index is 0.197. The van der Waals surface area contributed by atoms with Crippen molar-refractivity contribution in [3.63, 3.8) is 0 Å². The number of hydrogen-bond acceptors (Lipinski definition) is 1. The predicted octanol–water partition coefficient (Wildman–Crippen LogP) is 4.21. The molecule has 4 aliphatic rings. The summed E-state index contributed by atoms with van der Waals surface area (Å²) in [7, 11) is 0. The molecule has 0 aromatic rings. The standard InChI is InChI=1S/C18H22O/c1-18-11-10-14-13-5-3-2-4-12(13)6-7-15(14)16(18)8-9-17(18)19/h6-9,12-14H,2-5,10-11H2,1H3/t12?,13-,14+,18-/m0/s1. The SMILES string of the molecule is C[C@]12CC[C@H]3C(=C1C=CC2=O)C=CC1CCCC[C@@H]13. The Hall–Kier alpha value is -1.11. The Bertz CT molecular complexity index is 522. The molecule has 1 heteroatoms. The topological polar surface area (TPSA) is 17.1 Å². The molecular weight excluding hydrogens is 232 g/mol. The van der Waals surface area contributed by atoms with E-state index in [2.05, 4.69) is 25.2 Å². The summed E-state index contributed by atoms with van der Waals surface area (Å²) in [6, 6.07) is 0. The lowest BCUT2D eigenvalue weighted by molar-refractivity contribution is -0.121. The van der Waals surface area contributed by atoms with Gasteiger partial charge in [0, 0.05) is 0 Å². The van der Waals surface area contributed by atoms with Gasteiger partial charge >= 0.3 is 0 Å². The van der Waals surface area contributed by atoms with Crippen molar-refractivity contribution in [2.45, 2.75) is 45.4 Å². The second-order valence-corrected chi connectivity index (χ2v) is 7.02. The number of hydrogen-bond donors (Lipinski definition) is 0. The van der Waals surface area contributed by atoms with Gasteiger partial charge in [0.25, 0.3) is 0 Å². The smallest absolute Gasteiger partial charge is 0.165 e. The van der Waals surface area contributed by atoms with Gasteiger partial charge in [0.2, 0.25) is 0 Å². The predicted molar refractivity (Wildman–Crippen MR) is 76.6 cm³/mol. The van der Waals surface area contributed by atoms with E-state index >= 15 is 0 Å². The molecule has 0 amide bonds. The zero-order valence-electron chi connectivity index (χ0n) is 11.7. The fourth-order valence-corrected chi connectivity index (χ4v) is 4.94. The van der Waals surface area contributed by atoms with Gasteiger partial charge in [0.05, 0.1) is 5.41 Å². The first kappa shape index (κ1) is 11.7. The Morgan fingerprint density at radius 3 is 2.84 bits per heavy atom. The Labute approximate surface area is 115 Å². The van der Waals surface area contributed by atoms with Crippen LogP contribution in [0.25, 0.3) is 0 Å². The third kappa shape index (κ3) is 1.50. The molecule has 0 bridgehead atoms. The van der Waals surface area contributed by atoms with Gasteiger partial charge in [-0.15, -0.1) is 0 Å². The molecule has 0 saturated heterocycles. The van der Waals surface area contributed by atoms with Crippen LogP contribution in [0.4, 0.5) is 0 Å². The minimum atomic E-state index is -0.197. The largest absolute Gasteiger partial charge is 0.294 e. The zero-order chi connectivity index (χ0) is 13.0. The van der Waals surface area contributed by atoms with Gasteiger partial charge in [-0.25, -0.2) is 0 Å². The highest BCUT2D eigenvalue weighted by Gasteiger charge is 2.47. The molecule has 0 aromatic carbocycles. The summed E-state index contributed by atoms with van der Waals surface area (Å²) in [5.41, 5.74) is 2.64. The first-order valence-electron chi connectivity index (χ1n) is 7.85. The van der Waals surface area contributed by atoms with Gasteiger partial charge in [-0.3, -0.25) is 4.79 Å². The monoisotopic (exact) mass is 254 g/mol. The average molecular weight is 254 g/mol. The second kappa shape index (κ2) is 3.94. The Balaban J connectivity index is 1.81. The minimum Gasteiger partial charge on any atom is -0.294 e. The molecule has 0 spiro atoms. The van der Waals surface area contributed by atoms with Crippen LogP contribution < -0.4 is 0 Å². The highest BCUT2D eigenvalue weighted by atomic mass is 16.1. The zero-order valence-corrected chi connectivity index (χ0v) is 11.7. The lowest BCUT2D eigenvalue weighted by Gasteiger charge is -2.45. The molecule has 4 rings (SSSR count). The van der Waals surface area contributed by atoms with E-state index in [1.807, 2.05) is 6.08 Å². The van der Waals surface area contributed by atoms with E-state index in [0.29, 0.717) is 5.78 Å². The number of rotatable bonds is 0. The van der Waals surface area contributed by atoms with Crippen molar-refractivity contribution >= 4 is 5.78 Å². The summed E-state index contributed by atoms with van der Waals surface area (Å²) >= 11 is 0. The highest BCUT2D eigenvalue weighted by Crippen LogP contribution is 2.54. The van der Waals surface area contributed by atoms with Crippen LogP contribution in [0.15, 0.2) is 35.5 Å². The Morgan fingerprint density at radius 1 is 1.11 bits per heavy atom.